The molecule has 0 spiro atoms. The second-order valence-corrected chi connectivity index (χ2v) is 7.42. The van der Waals surface area contributed by atoms with E-state index in [0.717, 1.165) is 38.7 Å². The number of benzene rings is 1. The van der Waals surface area contributed by atoms with E-state index in [0.29, 0.717) is 13.2 Å². The van der Waals surface area contributed by atoms with Crippen LogP contribution in [0.15, 0.2) is 30.5 Å². The average molecular weight is 369 g/mol. The third kappa shape index (κ3) is 3.51. The predicted molar refractivity (Wildman–Crippen MR) is 101 cm³/mol. The zero-order valence-electron chi connectivity index (χ0n) is 14.6. The molecule has 2 aromatic heterocycles. The van der Waals surface area contributed by atoms with Gasteiger partial charge in [0, 0.05) is 30.6 Å². The van der Waals surface area contributed by atoms with Crippen molar-refractivity contribution in [2.45, 2.75) is 20.1 Å². The molecular formula is C18H19N5O2S. The minimum atomic E-state index is -0.311. The minimum absolute atomic E-state index is 0.0969. The molecule has 0 aliphatic carbocycles. The molecule has 8 heteroatoms. The largest absolute Gasteiger partial charge is 0.355 e. The Balaban J connectivity index is 1.62. The molecule has 0 bridgehead atoms. The van der Waals surface area contributed by atoms with Crippen LogP contribution in [-0.4, -0.2) is 47.0 Å². The van der Waals surface area contributed by atoms with E-state index in [2.05, 4.69) is 43.6 Å². The Bertz CT molecular complexity index is 958. The highest BCUT2D eigenvalue weighted by molar-refractivity contribution is 7.14. The number of hydrogen-bond donors (Lipinski definition) is 1. The van der Waals surface area contributed by atoms with Crippen molar-refractivity contribution in [3.63, 3.8) is 0 Å². The summed E-state index contributed by atoms with van der Waals surface area (Å²) in [4.78, 5) is 18.0. The van der Waals surface area contributed by atoms with Crippen molar-refractivity contribution in [2.24, 2.45) is 0 Å². The molecule has 1 unspecified atom stereocenters. The number of nitrogens with zero attached hydrogens (tertiary/aromatic N) is 4. The van der Waals surface area contributed by atoms with Crippen LogP contribution in [0.1, 0.15) is 11.9 Å². The highest BCUT2D eigenvalue weighted by Crippen LogP contribution is 2.28. The van der Waals surface area contributed by atoms with Crippen molar-refractivity contribution in [2.75, 3.05) is 24.6 Å². The van der Waals surface area contributed by atoms with Crippen molar-refractivity contribution in [3.8, 4) is 10.6 Å². The Morgan fingerprint density at radius 1 is 1.31 bits per heavy atom. The number of anilines is 1. The summed E-state index contributed by atoms with van der Waals surface area (Å²) in [5.74, 6) is 0.780. The number of morpholine rings is 1. The Morgan fingerprint density at radius 2 is 2.19 bits per heavy atom. The van der Waals surface area contributed by atoms with Crippen LogP contribution >= 0.6 is 11.3 Å². The van der Waals surface area contributed by atoms with Crippen LogP contribution in [0.4, 0.5) is 5.82 Å². The lowest BCUT2D eigenvalue weighted by Crippen LogP contribution is -2.50. The first-order chi connectivity index (χ1) is 12.6. The number of rotatable bonds is 3. The SMILES string of the molecule is CC(=O)NC1CN(c2cc3cc(-c4nnc(C)s4)ccc3cn2)CCO1. The zero-order chi connectivity index (χ0) is 18.1. The summed E-state index contributed by atoms with van der Waals surface area (Å²) in [5.41, 5.74) is 1.05. The van der Waals surface area contributed by atoms with Gasteiger partial charge >= 0.3 is 0 Å². The van der Waals surface area contributed by atoms with E-state index in [1.54, 1.807) is 11.3 Å². The standard InChI is InChI=1S/C18H19N5O2S/c1-11(24)20-17-10-23(5-6-25-17)16-8-15-7-13(3-4-14(15)9-19-16)18-22-21-12(2)26-18/h3-4,7-9,17H,5-6,10H2,1-2H3,(H,20,24). The molecule has 1 atom stereocenters. The van der Waals surface area contributed by atoms with Gasteiger partial charge in [-0.3, -0.25) is 4.79 Å². The van der Waals surface area contributed by atoms with Crippen LogP contribution in [-0.2, 0) is 9.53 Å². The van der Waals surface area contributed by atoms with E-state index < -0.39 is 0 Å². The van der Waals surface area contributed by atoms with Crippen LogP contribution in [0.3, 0.4) is 0 Å². The van der Waals surface area contributed by atoms with Crippen molar-refractivity contribution in [3.05, 3.63) is 35.5 Å². The maximum absolute atomic E-state index is 11.3. The lowest BCUT2D eigenvalue weighted by atomic mass is 10.1. The fraction of sp³-hybridized carbons (Fsp3) is 0.333. The summed E-state index contributed by atoms with van der Waals surface area (Å²) < 4.78 is 5.59. The molecule has 0 saturated carbocycles. The van der Waals surface area contributed by atoms with Gasteiger partial charge in [0.2, 0.25) is 5.91 Å². The van der Waals surface area contributed by atoms with Gasteiger partial charge in [-0.1, -0.05) is 23.5 Å². The Labute approximate surface area is 155 Å². The van der Waals surface area contributed by atoms with Gasteiger partial charge in [0.15, 0.2) is 0 Å². The fourth-order valence-electron chi connectivity index (χ4n) is 3.02. The Morgan fingerprint density at radius 3 is 2.96 bits per heavy atom. The van der Waals surface area contributed by atoms with Crippen LogP contribution in [0.5, 0.6) is 0 Å². The zero-order valence-corrected chi connectivity index (χ0v) is 15.4. The Hall–Kier alpha value is -2.58. The molecular weight excluding hydrogens is 350 g/mol. The monoisotopic (exact) mass is 369 g/mol. The van der Waals surface area contributed by atoms with Gasteiger partial charge in [0.05, 0.1) is 13.2 Å². The van der Waals surface area contributed by atoms with E-state index >= 15 is 0 Å². The van der Waals surface area contributed by atoms with Gasteiger partial charge in [-0.05, 0) is 24.4 Å². The lowest BCUT2D eigenvalue weighted by molar-refractivity contribution is -0.123. The lowest BCUT2D eigenvalue weighted by Gasteiger charge is -2.33. The number of aromatic nitrogens is 3. The predicted octanol–water partition coefficient (Wildman–Crippen LogP) is 2.36. The number of nitrogens with one attached hydrogen (secondary N) is 1. The summed E-state index contributed by atoms with van der Waals surface area (Å²) >= 11 is 1.58. The van der Waals surface area contributed by atoms with E-state index in [-0.39, 0.29) is 12.1 Å². The molecule has 1 saturated heterocycles. The number of fused-ring (bicyclic) bond motifs is 1. The molecule has 1 N–H and O–H groups in total. The molecule has 1 amide bonds. The van der Waals surface area contributed by atoms with Crippen molar-refractivity contribution >= 4 is 33.8 Å². The van der Waals surface area contributed by atoms with Gasteiger partial charge in [-0.2, -0.15) is 0 Å². The third-order valence-electron chi connectivity index (χ3n) is 4.23. The molecule has 1 aromatic carbocycles. The normalized spacial score (nSPS) is 17.5. The summed E-state index contributed by atoms with van der Waals surface area (Å²) in [6, 6.07) is 8.29. The second kappa shape index (κ2) is 6.97. The number of ether oxygens (including phenoxy) is 1. The van der Waals surface area contributed by atoms with Crippen LogP contribution in [0.2, 0.25) is 0 Å². The molecule has 0 radical (unpaired) electrons. The average Bonchev–Trinajstić information content (AvgIpc) is 3.07. The van der Waals surface area contributed by atoms with Gasteiger partial charge in [-0.25, -0.2) is 4.98 Å². The van der Waals surface area contributed by atoms with Crippen LogP contribution in [0, 0.1) is 6.92 Å². The topological polar surface area (TPSA) is 80.2 Å². The van der Waals surface area contributed by atoms with Crippen LogP contribution < -0.4 is 10.2 Å². The Kier molecular flexibility index (Phi) is 4.52. The molecule has 7 nitrogen and oxygen atoms in total. The molecule has 1 aliphatic heterocycles. The smallest absolute Gasteiger partial charge is 0.218 e. The number of carbonyl (C=O) groups excluding carboxylic acids is 1. The number of hydrogen-bond acceptors (Lipinski definition) is 7. The van der Waals surface area contributed by atoms with Crippen molar-refractivity contribution in [1.82, 2.24) is 20.5 Å². The highest BCUT2D eigenvalue weighted by atomic mass is 32.1. The number of carbonyl (C=O) groups is 1. The number of aryl methyl sites for hydroxylation is 1. The minimum Gasteiger partial charge on any atom is -0.355 e. The second-order valence-electron chi connectivity index (χ2n) is 6.24. The first kappa shape index (κ1) is 16.9. The van der Waals surface area contributed by atoms with Crippen molar-refractivity contribution in [1.29, 1.82) is 0 Å². The number of pyridine rings is 1. The number of amides is 1. The molecule has 26 heavy (non-hydrogen) atoms. The summed E-state index contributed by atoms with van der Waals surface area (Å²) in [6.07, 6.45) is 1.57. The fourth-order valence-corrected chi connectivity index (χ4v) is 3.71. The van der Waals surface area contributed by atoms with E-state index in [4.69, 9.17) is 4.74 Å². The van der Waals surface area contributed by atoms with E-state index in [1.807, 2.05) is 19.2 Å². The maximum Gasteiger partial charge on any atom is 0.218 e. The summed E-state index contributed by atoms with van der Waals surface area (Å²) in [5, 5.41) is 15.2. The third-order valence-corrected chi connectivity index (χ3v) is 5.12. The first-order valence-electron chi connectivity index (χ1n) is 8.42. The molecule has 3 heterocycles. The van der Waals surface area contributed by atoms with Crippen molar-refractivity contribution < 1.29 is 9.53 Å². The summed E-state index contributed by atoms with van der Waals surface area (Å²) in [7, 11) is 0. The highest BCUT2D eigenvalue weighted by Gasteiger charge is 2.22. The summed E-state index contributed by atoms with van der Waals surface area (Å²) in [6.45, 7) is 5.31. The molecule has 4 rings (SSSR count). The molecule has 1 fully saturated rings. The molecule has 134 valence electrons. The van der Waals surface area contributed by atoms with E-state index in [9.17, 15) is 4.79 Å². The first-order valence-corrected chi connectivity index (χ1v) is 9.24. The molecule has 3 aromatic rings. The van der Waals surface area contributed by atoms with Gasteiger partial charge in [-0.15, -0.1) is 10.2 Å². The quantitative estimate of drug-likeness (QED) is 0.763. The van der Waals surface area contributed by atoms with Gasteiger partial charge in [0.1, 0.15) is 22.1 Å². The van der Waals surface area contributed by atoms with Gasteiger partial charge < -0.3 is 15.0 Å². The van der Waals surface area contributed by atoms with Gasteiger partial charge in [0.25, 0.3) is 0 Å². The molecule has 1 aliphatic rings. The van der Waals surface area contributed by atoms with Crippen LogP contribution in [0.25, 0.3) is 21.3 Å². The van der Waals surface area contributed by atoms with E-state index in [1.165, 1.54) is 6.92 Å². The maximum atomic E-state index is 11.3.